The Hall–Kier alpha value is -2.04. The van der Waals surface area contributed by atoms with Crippen molar-refractivity contribution in [3.63, 3.8) is 0 Å². The van der Waals surface area contributed by atoms with Crippen molar-refractivity contribution in [2.45, 2.75) is 31.4 Å². The monoisotopic (exact) mass is 349 g/mol. The molecule has 0 saturated carbocycles. The topological polar surface area (TPSA) is 56.6 Å². The highest BCUT2D eigenvalue weighted by Gasteiger charge is 2.38. The normalized spacial score (nSPS) is 23.9. The molecule has 0 N–H and O–H groups in total. The molecule has 1 amide bonds. The molecule has 25 heavy (non-hydrogen) atoms. The first kappa shape index (κ1) is 17.8. The average Bonchev–Trinajstić information content (AvgIpc) is 2.62. The zero-order valence-corrected chi connectivity index (χ0v) is 14.0. The summed E-state index contributed by atoms with van der Waals surface area (Å²) in [4.78, 5) is 16.1. The fourth-order valence-corrected chi connectivity index (χ4v) is 3.20. The second kappa shape index (κ2) is 7.46. The van der Waals surface area contributed by atoms with Crippen LogP contribution in [0.3, 0.4) is 0 Å². The summed E-state index contributed by atoms with van der Waals surface area (Å²) in [6.45, 7) is 2.43. The van der Waals surface area contributed by atoms with Crippen LogP contribution >= 0.6 is 0 Å². The minimum Gasteiger partial charge on any atom is -0.366 e. The number of halogens is 2. The smallest absolute Gasteiger partial charge is 0.253 e. The van der Waals surface area contributed by atoms with Crippen LogP contribution in [0.25, 0.3) is 0 Å². The Labute approximate surface area is 145 Å². The summed E-state index contributed by atoms with van der Waals surface area (Å²) in [7, 11) is 0. The largest absolute Gasteiger partial charge is 0.366 e. The number of amides is 1. The molecular weight excluding hydrogens is 328 g/mol. The number of carbonyl (C=O) groups is 1. The van der Waals surface area contributed by atoms with E-state index in [2.05, 4.69) is 11.0 Å². The molecule has 2 fully saturated rings. The number of morpholine rings is 1. The third-order valence-corrected chi connectivity index (χ3v) is 4.72. The van der Waals surface area contributed by atoms with E-state index in [0.29, 0.717) is 31.8 Å². The maximum Gasteiger partial charge on any atom is 0.253 e. The number of nitrogens with zero attached hydrogens (tertiary/aromatic N) is 3. The van der Waals surface area contributed by atoms with Gasteiger partial charge in [-0.1, -0.05) is 12.1 Å². The maximum atomic E-state index is 13.2. The van der Waals surface area contributed by atoms with Crippen LogP contribution < -0.4 is 0 Å². The summed E-state index contributed by atoms with van der Waals surface area (Å²) in [6, 6.07) is 9.43. The first-order valence-corrected chi connectivity index (χ1v) is 8.46. The number of likely N-dealkylation sites (tertiary alicyclic amines) is 1. The molecule has 2 aliphatic heterocycles. The van der Waals surface area contributed by atoms with Crippen LogP contribution in [0.1, 0.15) is 24.0 Å². The summed E-state index contributed by atoms with van der Waals surface area (Å²) in [6.07, 6.45) is -1.15. The van der Waals surface area contributed by atoms with Crippen LogP contribution in [0.4, 0.5) is 8.78 Å². The highest BCUT2D eigenvalue weighted by Crippen LogP contribution is 2.28. The minimum absolute atomic E-state index is 0.0846. The molecule has 0 radical (unpaired) electrons. The summed E-state index contributed by atoms with van der Waals surface area (Å²) in [5.41, 5.74) is 1.67. The SMILES string of the molecule is N#Cc1ccc(CN2CCOC(C(=O)N3CCC(F)(F)CC3)C2)cc1. The fourth-order valence-electron chi connectivity index (χ4n) is 3.20. The van der Waals surface area contributed by atoms with E-state index in [4.69, 9.17) is 10.00 Å². The molecule has 1 aromatic rings. The average molecular weight is 349 g/mol. The van der Waals surface area contributed by atoms with Crippen LogP contribution in [0.2, 0.25) is 0 Å². The minimum atomic E-state index is -2.66. The lowest BCUT2D eigenvalue weighted by Gasteiger charge is -2.37. The summed E-state index contributed by atoms with van der Waals surface area (Å²) in [5.74, 6) is -2.86. The molecule has 2 aliphatic rings. The van der Waals surface area contributed by atoms with E-state index in [9.17, 15) is 13.6 Å². The van der Waals surface area contributed by atoms with Gasteiger partial charge in [-0.2, -0.15) is 5.26 Å². The number of hydrogen-bond donors (Lipinski definition) is 0. The third kappa shape index (κ3) is 4.53. The van der Waals surface area contributed by atoms with Gasteiger partial charge in [0.2, 0.25) is 0 Å². The molecule has 1 aromatic carbocycles. The fraction of sp³-hybridized carbons (Fsp3) is 0.556. The van der Waals surface area contributed by atoms with Gasteiger partial charge in [0.25, 0.3) is 11.8 Å². The van der Waals surface area contributed by atoms with E-state index in [1.807, 2.05) is 12.1 Å². The Morgan fingerprint density at radius 2 is 1.92 bits per heavy atom. The number of ether oxygens (including phenoxy) is 1. The zero-order chi connectivity index (χ0) is 17.9. The van der Waals surface area contributed by atoms with E-state index in [1.165, 1.54) is 4.90 Å². The van der Waals surface area contributed by atoms with Crippen LogP contribution in [0.15, 0.2) is 24.3 Å². The molecule has 1 atom stereocenters. The van der Waals surface area contributed by atoms with Crippen molar-refractivity contribution in [3.8, 4) is 6.07 Å². The first-order chi connectivity index (χ1) is 12.0. The van der Waals surface area contributed by atoms with E-state index in [-0.39, 0.29) is 31.8 Å². The van der Waals surface area contributed by atoms with E-state index >= 15 is 0 Å². The highest BCUT2D eigenvalue weighted by molar-refractivity contribution is 5.81. The van der Waals surface area contributed by atoms with Gasteiger partial charge in [0.15, 0.2) is 0 Å². The quantitative estimate of drug-likeness (QED) is 0.838. The van der Waals surface area contributed by atoms with Gasteiger partial charge in [-0.15, -0.1) is 0 Å². The number of alkyl halides is 2. The van der Waals surface area contributed by atoms with Crippen molar-refractivity contribution < 1.29 is 18.3 Å². The van der Waals surface area contributed by atoms with Gasteiger partial charge in [0.1, 0.15) is 6.10 Å². The predicted octanol–water partition coefficient (Wildman–Crippen LogP) is 2.02. The van der Waals surface area contributed by atoms with Gasteiger partial charge in [-0.25, -0.2) is 8.78 Å². The van der Waals surface area contributed by atoms with Gasteiger partial charge in [-0.05, 0) is 17.7 Å². The molecule has 1 unspecified atom stereocenters. The second-order valence-electron chi connectivity index (χ2n) is 6.58. The Kier molecular flexibility index (Phi) is 5.30. The van der Waals surface area contributed by atoms with Crippen LogP contribution in [-0.4, -0.2) is 60.5 Å². The van der Waals surface area contributed by atoms with Crippen LogP contribution in [0, 0.1) is 11.3 Å². The number of rotatable bonds is 3. The summed E-state index contributed by atoms with van der Waals surface area (Å²) >= 11 is 0. The second-order valence-corrected chi connectivity index (χ2v) is 6.58. The molecule has 2 heterocycles. The van der Waals surface area contributed by atoms with Gasteiger partial charge in [-0.3, -0.25) is 9.69 Å². The lowest BCUT2D eigenvalue weighted by atomic mass is 10.1. The molecule has 3 rings (SSSR count). The standard InChI is InChI=1S/C18H21F2N3O2/c19-18(20)5-7-23(8-6-18)17(24)16-13-22(9-10-25-16)12-15-3-1-14(11-21)2-4-15/h1-4,16H,5-10,12-13H2. The van der Waals surface area contributed by atoms with Crippen molar-refractivity contribution in [2.24, 2.45) is 0 Å². The Morgan fingerprint density at radius 3 is 2.56 bits per heavy atom. The summed E-state index contributed by atoms with van der Waals surface area (Å²) < 4.78 is 32.1. The van der Waals surface area contributed by atoms with E-state index in [1.54, 1.807) is 12.1 Å². The first-order valence-electron chi connectivity index (χ1n) is 8.46. The molecule has 2 saturated heterocycles. The van der Waals surface area contributed by atoms with Crippen LogP contribution in [-0.2, 0) is 16.1 Å². The predicted molar refractivity (Wildman–Crippen MR) is 86.9 cm³/mol. The van der Waals surface area contributed by atoms with Gasteiger partial charge in [0.05, 0.1) is 18.2 Å². The van der Waals surface area contributed by atoms with Crippen molar-refractivity contribution in [3.05, 3.63) is 35.4 Å². The number of hydrogen-bond acceptors (Lipinski definition) is 4. The number of piperidine rings is 1. The Balaban J connectivity index is 1.55. The van der Waals surface area contributed by atoms with Gasteiger partial charge >= 0.3 is 0 Å². The van der Waals surface area contributed by atoms with Gasteiger partial charge in [0, 0.05) is 45.6 Å². The molecular formula is C18H21F2N3O2. The highest BCUT2D eigenvalue weighted by atomic mass is 19.3. The Bertz CT molecular complexity index is 647. The van der Waals surface area contributed by atoms with Crippen molar-refractivity contribution in [1.82, 2.24) is 9.80 Å². The molecule has 0 aliphatic carbocycles. The number of benzene rings is 1. The molecule has 0 spiro atoms. The van der Waals surface area contributed by atoms with E-state index < -0.39 is 12.0 Å². The lowest BCUT2D eigenvalue weighted by molar-refractivity contribution is -0.155. The summed E-state index contributed by atoms with van der Waals surface area (Å²) in [5, 5.41) is 8.84. The van der Waals surface area contributed by atoms with Crippen LogP contribution in [0.5, 0.6) is 0 Å². The Morgan fingerprint density at radius 1 is 1.24 bits per heavy atom. The molecule has 5 nitrogen and oxygen atoms in total. The number of nitriles is 1. The van der Waals surface area contributed by atoms with E-state index in [0.717, 1.165) is 5.56 Å². The number of carbonyl (C=O) groups excluding carboxylic acids is 1. The van der Waals surface area contributed by atoms with Crippen molar-refractivity contribution in [2.75, 3.05) is 32.8 Å². The molecule has 0 bridgehead atoms. The zero-order valence-electron chi connectivity index (χ0n) is 14.0. The lowest BCUT2D eigenvalue weighted by Crippen LogP contribution is -2.53. The molecule has 7 heteroatoms. The maximum absolute atomic E-state index is 13.2. The van der Waals surface area contributed by atoms with Crippen molar-refractivity contribution >= 4 is 5.91 Å². The molecule has 0 aromatic heterocycles. The molecule has 134 valence electrons. The third-order valence-electron chi connectivity index (χ3n) is 4.72. The van der Waals surface area contributed by atoms with Gasteiger partial charge < -0.3 is 9.64 Å². The van der Waals surface area contributed by atoms with Crippen molar-refractivity contribution in [1.29, 1.82) is 5.26 Å².